The van der Waals surface area contributed by atoms with Gasteiger partial charge in [-0.05, 0) is 50.5 Å². The predicted molar refractivity (Wildman–Crippen MR) is 108 cm³/mol. The van der Waals surface area contributed by atoms with Gasteiger partial charge >= 0.3 is 0 Å². The number of carbonyl (C=O) groups excluding carboxylic acids is 1. The van der Waals surface area contributed by atoms with Crippen LogP contribution in [-0.2, 0) is 14.6 Å². The lowest BCUT2D eigenvalue weighted by Crippen LogP contribution is -2.41. The van der Waals surface area contributed by atoms with E-state index in [9.17, 15) is 13.2 Å². The minimum absolute atomic E-state index is 0.0594. The average Bonchev–Trinajstić information content (AvgIpc) is 3.22. The molecule has 1 amide bonds. The van der Waals surface area contributed by atoms with Crippen molar-refractivity contribution in [1.82, 2.24) is 14.5 Å². The molecule has 0 radical (unpaired) electrons. The second kappa shape index (κ2) is 7.67. The fraction of sp³-hybridized carbons (Fsp3) is 0.474. The standard InChI is InChI=1S/C19H25N3O3S2/c1-13-5-6-16(11-14(13)2)22-9-8-20-19(22)26-15(3)18(23)21(4)17-7-10-27(24,25)12-17/h5-6,8-9,11,15,17H,7,10,12H2,1-4H3/t15-,17-/m0/s1. The van der Waals surface area contributed by atoms with Crippen molar-refractivity contribution >= 4 is 27.5 Å². The van der Waals surface area contributed by atoms with Gasteiger partial charge in [-0.2, -0.15) is 0 Å². The Morgan fingerprint density at radius 2 is 2.07 bits per heavy atom. The molecule has 0 unspecified atom stereocenters. The average molecular weight is 408 g/mol. The molecular formula is C19H25N3O3S2. The van der Waals surface area contributed by atoms with Crippen LogP contribution in [-0.4, -0.2) is 58.6 Å². The van der Waals surface area contributed by atoms with Gasteiger partial charge in [0.1, 0.15) is 0 Å². The molecule has 2 atom stereocenters. The maximum absolute atomic E-state index is 12.8. The van der Waals surface area contributed by atoms with E-state index in [1.165, 1.54) is 22.9 Å². The number of hydrogen-bond acceptors (Lipinski definition) is 5. The topological polar surface area (TPSA) is 72.3 Å². The number of carbonyl (C=O) groups is 1. The Morgan fingerprint density at radius 1 is 1.33 bits per heavy atom. The second-order valence-electron chi connectivity index (χ2n) is 7.11. The lowest BCUT2D eigenvalue weighted by atomic mass is 10.1. The summed E-state index contributed by atoms with van der Waals surface area (Å²) in [5, 5.41) is 0.387. The number of imidazole rings is 1. The Balaban J connectivity index is 1.73. The van der Waals surface area contributed by atoms with Gasteiger partial charge in [-0.3, -0.25) is 9.36 Å². The van der Waals surface area contributed by atoms with E-state index in [-0.39, 0.29) is 28.7 Å². The Kier molecular flexibility index (Phi) is 5.67. The van der Waals surface area contributed by atoms with Crippen molar-refractivity contribution in [2.75, 3.05) is 18.6 Å². The molecular weight excluding hydrogens is 382 g/mol. The van der Waals surface area contributed by atoms with E-state index in [2.05, 4.69) is 31.0 Å². The van der Waals surface area contributed by atoms with E-state index in [0.29, 0.717) is 6.42 Å². The number of nitrogens with zero attached hydrogens (tertiary/aromatic N) is 3. The number of sulfone groups is 1. The van der Waals surface area contributed by atoms with Crippen molar-refractivity contribution in [1.29, 1.82) is 0 Å². The van der Waals surface area contributed by atoms with Crippen LogP contribution in [0.25, 0.3) is 5.69 Å². The van der Waals surface area contributed by atoms with E-state index >= 15 is 0 Å². The normalized spacial score (nSPS) is 19.8. The highest BCUT2D eigenvalue weighted by atomic mass is 32.2. The number of benzene rings is 1. The van der Waals surface area contributed by atoms with Gasteiger partial charge in [-0.15, -0.1) is 0 Å². The highest BCUT2D eigenvalue weighted by molar-refractivity contribution is 8.00. The van der Waals surface area contributed by atoms with E-state index in [1.54, 1.807) is 18.1 Å². The first kappa shape index (κ1) is 19.9. The van der Waals surface area contributed by atoms with Crippen LogP contribution in [0.2, 0.25) is 0 Å². The summed E-state index contributed by atoms with van der Waals surface area (Å²) in [5.41, 5.74) is 3.43. The number of aromatic nitrogens is 2. The van der Waals surface area contributed by atoms with Gasteiger partial charge in [0.25, 0.3) is 0 Å². The van der Waals surface area contributed by atoms with Crippen molar-refractivity contribution in [3.05, 3.63) is 41.7 Å². The molecule has 1 aromatic carbocycles. The van der Waals surface area contributed by atoms with Crippen LogP contribution < -0.4 is 0 Å². The Hall–Kier alpha value is -1.80. The van der Waals surface area contributed by atoms with Crippen LogP contribution in [0.5, 0.6) is 0 Å². The number of aryl methyl sites for hydroxylation is 2. The Labute approximate surface area is 164 Å². The summed E-state index contributed by atoms with van der Waals surface area (Å²) < 4.78 is 25.4. The molecule has 1 aliphatic rings. The molecule has 0 aliphatic carbocycles. The van der Waals surface area contributed by atoms with Crippen LogP contribution in [0.4, 0.5) is 0 Å². The molecule has 0 bridgehead atoms. The van der Waals surface area contributed by atoms with Gasteiger partial charge in [0, 0.05) is 31.2 Å². The molecule has 0 spiro atoms. The van der Waals surface area contributed by atoms with E-state index in [1.807, 2.05) is 23.8 Å². The first-order chi connectivity index (χ1) is 12.7. The lowest BCUT2D eigenvalue weighted by molar-refractivity contribution is -0.130. The van der Waals surface area contributed by atoms with Crippen LogP contribution in [0.1, 0.15) is 24.5 Å². The summed E-state index contributed by atoms with van der Waals surface area (Å²) in [6, 6.07) is 5.98. The molecule has 0 saturated carbocycles. The van der Waals surface area contributed by atoms with Crippen LogP contribution in [0, 0.1) is 13.8 Å². The molecule has 146 valence electrons. The molecule has 8 heteroatoms. The number of hydrogen-bond donors (Lipinski definition) is 0. The molecule has 1 aliphatic heterocycles. The second-order valence-corrected chi connectivity index (χ2v) is 10.7. The predicted octanol–water partition coefficient (Wildman–Crippen LogP) is 2.62. The van der Waals surface area contributed by atoms with Crippen LogP contribution in [0.15, 0.2) is 35.7 Å². The van der Waals surface area contributed by atoms with Crippen molar-refractivity contribution in [3.63, 3.8) is 0 Å². The first-order valence-corrected chi connectivity index (χ1v) is 11.6. The number of thioether (sulfide) groups is 1. The Bertz CT molecular complexity index is 953. The molecule has 0 N–H and O–H groups in total. The van der Waals surface area contributed by atoms with Crippen LogP contribution >= 0.6 is 11.8 Å². The zero-order valence-corrected chi connectivity index (χ0v) is 17.7. The van der Waals surface area contributed by atoms with Crippen molar-refractivity contribution in [3.8, 4) is 5.69 Å². The first-order valence-electron chi connectivity index (χ1n) is 8.92. The largest absolute Gasteiger partial charge is 0.341 e. The summed E-state index contributed by atoms with van der Waals surface area (Å²) in [6.45, 7) is 5.98. The number of rotatable bonds is 5. The summed E-state index contributed by atoms with van der Waals surface area (Å²) >= 11 is 1.39. The van der Waals surface area contributed by atoms with Crippen molar-refractivity contribution < 1.29 is 13.2 Å². The van der Waals surface area contributed by atoms with E-state index in [4.69, 9.17) is 0 Å². The van der Waals surface area contributed by atoms with Crippen LogP contribution in [0.3, 0.4) is 0 Å². The molecule has 6 nitrogen and oxygen atoms in total. The molecule has 1 saturated heterocycles. The quantitative estimate of drug-likeness (QED) is 0.713. The fourth-order valence-electron chi connectivity index (χ4n) is 3.20. The molecule has 1 aromatic heterocycles. The summed E-state index contributed by atoms with van der Waals surface area (Å²) in [7, 11) is -1.32. The van der Waals surface area contributed by atoms with Crippen molar-refractivity contribution in [2.45, 2.75) is 43.6 Å². The smallest absolute Gasteiger partial charge is 0.235 e. The maximum atomic E-state index is 12.8. The van der Waals surface area contributed by atoms with Crippen molar-refractivity contribution in [2.24, 2.45) is 0 Å². The molecule has 3 rings (SSSR count). The third kappa shape index (κ3) is 4.38. The minimum Gasteiger partial charge on any atom is -0.341 e. The van der Waals surface area contributed by atoms with Gasteiger partial charge in [-0.25, -0.2) is 13.4 Å². The van der Waals surface area contributed by atoms with E-state index in [0.717, 1.165) is 10.8 Å². The van der Waals surface area contributed by atoms with E-state index < -0.39 is 9.84 Å². The Morgan fingerprint density at radius 3 is 2.70 bits per heavy atom. The number of amides is 1. The molecule has 1 fully saturated rings. The summed E-state index contributed by atoms with van der Waals surface area (Å²) in [4.78, 5) is 18.8. The summed E-state index contributed by atoms with van der Waals surface area (Å²) in [5.74, 6) is 0.148. The van der Waals surface area contributed by atoms with Gasteiger partial charge in [0.05, 0.1) is 16.8 Å². The van der Waals surface area contributed by atoms with Gasteiger partial charge in [0.15, 0.2) is 15.0 Å². The summed E-state index contributed by atoms with van der Waals surface area (Å²) in [6.07, 6.45) is 4.12. The zero-order chi connectivity index (χ0) is 19.8. The maximum Gasteiger partial charge on any atom is 0.235 e. The van der Waals surface area contributed by atoms with Gasteiger partial charge in [0.2, 0.25) is 5.91 Å². The highest BCUT2D eigenvalue weighted by Gasteiger charge is 2.34. The molecule has 2 aromatic rings. The molecule has 2 heterocycles. The SMILES string of the molecule is Cc1ccc(-n2ccnc2S[C@@H](C)C(=O)N(C)[C@H]2CCS(=O)(=O)C2)cc1C. The third-order valence-corrected chi connectivity index (χ3v) is 7.93. The lowest BCUT2D eigenvalue weighted by Gasteiger charge is -2.26. The fourth-order valence-corrected chi connectivity index (χ4v) is 5.96. The molecule has 27 heavy (non-hydrogen) atoms. The van der Waals surface area contributed by atoms with Gasteiger partial charge in [-0.1, -0.05) is 17.8 Å². The monoisotopic (exact) mass is 407 g/mol. The van der Waals surface area contributed by atoms with Gasteiger partial charge < -0.3 is 4.90 Å². The highest BCUT2D eigenvalue weighted by Crippen LogP contribution is 2.27. The third-order valence-electron chi connectivity index (χ3n) is 5.11. The minimum atomic E-state index is -3.02. The zero-order valence-electron chi connectivity index (χ0n) is 16.0.